The molecular formula is C18H26N2O3. The normalized spacial score (nSPS) is 17.5. The van der Waals surface area contributed by atoms with Gasteiger partial charge in [0.05, 0.1) is 13.1 Å². The predicted octanol–water partition coefficient (Wildman–Crippen LogP) is 2.01. The number of hydrogen-bond acceptors (Lipinski definition) is 3. The highest BCUT2D eigenvalue weighted by molar-refractivity contribution is 5.86. The second-order valence-corrected chi connectivity index (χ2v) is 6.44. The van der Waals surface area contributed by atoms with Gasteiger partial charge in [0.15, 0.2) is 0 Å². The van der Waals surface area contributed by atoms with Gasteiger partial charge in [0.2, 0.25) is 11.8 Å². The Labute approximate surface area is 138 Å². The SMILES string of the molecule is Cc1cc(C)cc(OCCN(C)C(=O)CN2CC[C@@H](C)C2=O)c1. The van der Waals surface area contributed by atoms with Gasteiger partial charge in [-0.15, -0.1) is 0 Å². The summed E-state index contributed by atoms with van der Waals surface area (Å²) in [5, 5.41) is 0. The van der Waals surface area contributed by atoms with Crippen molar-refractivity contribution in [2.75, 3.05) is 33.3 Å². The Bertz CT molecular complexity index is 565. The lowest BCUT2D eigenvalue weighted by atomic mass is 10.1. The Morgan fingerprint density at radius 3 is 2.52 bits per heavy atom. The molecule has 0 radical (unpaired) electrons. The van der Waals surface area contributed by atoms with Crippen LogP contribution >= 0.6 is 0 Å². The fourth-order valence-electron chi connectivity index (χ4n) is 2.78. The van der Waals surface area contributed by atoms with Gasteiger partial charge in [0.25, 0.3) is 0 Å². The summed E-state index contributed by atoms with van der Waals surface area (Å²) in [6, 6.07) is 6.06. The molecule has 5 heteroatoms. The van der Waals surface area contributed by atoms with E-state index in [0.29, 0.717) is 19.7 Å². The van der Waals surface area contributed by atoms with Gasteiger partial charge in [0, 0.05) is 19.5 Å². The van der Waals surface area contributed by atoms with Crippen molar-refractivity contribution in [3.8, 4) is 5.75 Å². The fraction of sp³-hybridized carbons (Fsp3) is 0.556. The van der Waals surface area contributed by atoms with E-state index < -0.39 is 0 Å². The van der Waals surface area contributed by atoms with Crippen LogP contribution in [-0.4, -0.2) is 54.9 Å². The molecule has 2 amide bonds. The first kappa shape index (κ1) is 17.3. The van der Waals surface area contributed by atoms with E-state index >= 15 is 0 Å². The Kier molecular flexibility index (Phi) is 5.64. The van der Waals surface area contributed by atoms with E-state index in [1.807, 2.05) is 32.9 Å². The number of likely N-dealkylation sites (tertiary alicyclic amines) is 1. The van der Waals surface area contributed by atoms with Crippen LogP contribution in [0.2, 0.25) is 0 Å². The lowest BCUT2D eigenvalue weighted by molar-refractivity contribution is -0.138. The third-order valence-corrected chi connectivity index (χ3v) is 4.21. The monoisotopic (exact) mass is 318 g/mol. The summed E-state index contributed by atoms with van der Waals surface area (Å²) in [4.78, 5) is 27.3. The van der Waals surface area contributed by atoms with Crippen molar-refractivity contribution in [3.05, 3.63) is 29.3 Å². The first-order valence-corrected chi connectivity index (χ1v) is 8.10. The number of amides is 2. The molecule has 0 aromatic heterocycles. The summed E-state index contributed by atoms with van der Waals surface area (Å²) in [5.41, 5.74) is 2.32. The van der Waals surface area contributed by atoms with Crippen LogP contribution in [0.25, 0.3) is 0 Å². The third-order valence-electron chi connectivity index (χ3n) is 4.21. The molecule has 126 valence electrons. The van der Waals surface area contributed by atoms with Crippen molar-refractivity contribution in [2.24, 2.45) is 5.92 Å². The molecule has 0 bridgehead atoms. The maximum absolute atomic E-state index is 12.2. The zero-order chi connectivity index (χ0) is 17.0. The minimum Gasteiger partial charge on any atom is -0.492 e. The number of rotatable bonds is 6. The van der Waals surface area contributed by atoms with E-state index in [1.54, 1.807) is 16.8 Å². The first-order chi connectivity index (χ1) is 10.9. The lowest BCUT2D eigenvalue weighted by Crippen LogP contribution is -2.41. The highest BCUT2D eigenvalue weighted by Gasteiger charge is 2.29. The minimum atomic E-state index is -0.0449. The zero-order valence-electron chi connectivity index (χ0n) is 14.5. The minimum absolute atomic E-state index is 0.0426. The molecule has 1 aromatic rings. The summed E-state index contributed by atoms with van der Waals surface area (Å²) in [5.74, 6) is 0.905. The Morgan fingerprint density at radius 1 is 1.30 bits per heavy atom. The Morgan fingerprint density at radius 2 is 1.96 bits per heavy atom. The van der Waals surface area contributed by atoms with Gasteiger partial charge in [-0.3, -0.25) is 9.59 Å². The van der Waals surface area contributed by atoms with Crippen molar-refractivity contribution in [1.82, 2.24) is 9.80 Å². The number of nitrogens with zero attached hydrogens (tertiary/aromatic N) is 2. The van der Waals surface area contributed by atoms with E-state index in [-0.39, 0.29) is 24.3 Å². The van der Waals surface area contributed by atoms with Crippen molar-refractivity contribution in [3.63, 3.8) is 0 Å². The lowest BCUT2D eigenvalue weighted by Gasteiger charge is -2.22. The van der Waals surface area contributed by atoms with Crippen LogP contribution in [0.3, 0.4) is 0 Å². The maximum Gasteiger partial charge on any atom is 0.242 e. The van der Waals surface area contributed by atoms with Crippen LogP contribution in [0, 0.1) is 19.8 Å². The largest absolute Gasteiger partial charge is 0.492 e. The molecule has 5 nitrogen and oxygen atoms in total. The molecule has 2 rings (SSSR count). The highest BCUT2D eigenvalue weighted by atomic mass is 16.5. The molecule has 0 saturated carbocycles. The van der Waals surface area contributed by atoms with Gasteiger partial charge in [-0.2, -0.15) is 0 Å². The van der Waals surface area contributed by atoms with E-state index in [4.69, 9.17) is 4.74 Å². The van der Waals surface area contributed by atoms with E-state index in [2.05, 4.69) is 6.07 Å². The second-order valence-electron chi connectivity index (χ2n) is 6.44. The van der Waals surface area contributed by atoms with Crippen LogP contribution in [0.4, 0.5) is 0 Å². The van der Waals surface area contributed by atoms with Gasteiger partial charge in [0.1, 0.15) is 12.4 Å². The van der Waals surface area contributed by atoms with Gasteiger partial charge in [-0.1, -0.05) is 13.0 Å². The molecule has 0 N–H and O–H groups in total. The van der Waals surface area contributed by atoms with Gasteiger partial charge < -0.3 is 14.5 Å². The maximum atomic E-state index is 12.2. The van der Waals surface area contributed by atoms with Gasteiger partial charge in [-0.05, 0) is 43.5 Å². The number of hydrogen-bond donors (Lipinski definition) is 0. The quantitative estimate of drug-likeness (QED) is 0.806. The first-order valence-electron chi connectivity index (χ1n) is 8.10. The molecule has 1 fully saturated rings. The summed E-state index contributed by atoms with van der Waals surface area (Å²) in [6.07, 6.45) is 0.839. The van der Waals surface area contributed by atoms with E-state index in [0.717, 1.165) is 23.3 Å². The molecule has 23 heavy (non-hydrogen) atoms. The van der Waals surface area contributed by atoms with Crippen molar-refractivity contribution >= 4 is 11.8 Å². The number of carbonyl (C=O) groups is 2. The second kappa shape index (κ2) is 7.49. The number of likely N-dealkylation sites (N-methyl/N-ethyl adjacent to an activating group) is 1. The summed E-state index contributed by atoms with van der Waals surface area (Å²) in [6.45, 7) is 7.77. The van der Waals surface area contributed by atoms with Crippen LogP contribution < -0.4 is 4.74 Å². The Balaban J connectivity index is 1.77. The number of aryl methyl sites for hydroxylation is 2. The van der Waals surface area contributed by atoms with Crippen molar-refractivity contribution < 1.29 is 14.3 Å². The predicted molar refractivity (Wildman–Crippen MR) is 89.4 cm³/mol. The molecule has 1 saturated heterocycles. The molecule has 1 heterocycles. The van der Waals surface area contributed by atoms with Crippen LogP contribution in [0.5, 0.6) is 5.75 Å². The molecule has 1 aliphatic rings. The number of carbonyl (C=O) groups excluding carboxylic acids is 2. The Hall–Kier alpha value is -2.04. The fourth-order valence-corrected chi connectivity index (χ4v) is 2.78. The molecule has 1 atom stereocenters. The number of benzene rings is 1. The zero-order valence-corrected chi connectivity index (χ0v) is 14.5. The molecular weight excluding hydrogens is 292 g/mol. The van der Waals surface area contributed by atoms with Crippen molar-refractivity contribution in [1.29, 1.82) is 0 Å². The summed E-state index contributed by atoms with van der Waals surface area (Å²) >= 11 is 0. The molecule has 0 unspecified atom stereocenters. The number of ether oxygens (including phenoxy) is 1. The van der Waals surface area contributed by atoms with Crippen molar-refractivity contribution in [2.45, 2.75) is 27.2 Å². The highest BCUT2D eigenvalue weighted by Crippen LogP contribution is 2.17. The smallest absolute Gasteiger partial charge is 0.242 e. The third kappa shape index (κ3) is 4.71. The van der Waals surface area contributed by atoms with Gasteiger partial charge >= 0.3 is 0 Å². The average molecular weight is 318 g/mol. The van der Waals surface area contributed by atoms with Gasteiger partial charge in [-0.25, -0.2) is 0 Å². The van der Waals surface area contributed by atoms with Crippen LogP contribution in [-0.2, 0) is 9.59 Å². The van der Waals surface area contributed by atoms with Crippen LogP contribution in [0.15, 0.2) is 18.2 Å². The standard InChI is InChI=1S/C18H26N2O3/c1-13-9-14(2)11-16(10-13)23-8-7-19(4)17(21)12-20-6-5-15(3)18(20)22/h9-11,15H,5-8,12H2,1-4H3/t15-/m1/s1. The molecule has 0 spiro atoms. The average Bonchev–Trinajstić information content (AvgIpc) is 2.78. The van der Waals surface area contributed by atoms with Crippen LogP contribution in [0.1, 0.15) is 24.5 Å². The molecule has 1 aromatic carbocycles. The molecule has 0 aliphatic carbocycles. The van der Waals surface area contributed by atoms with E-state index in [1.165, 1.54) is 0 Å². The summed E-state index contributed by atoms with van der Waals surface area (Å²) in [7, 11) is 1.75. The topological polar surface area (TPSA) is 49.9 Å². The van der Waals surface area contributed by atoms with E-state index in [9.17, 15) is 9.59 Å². The summed E-state index contributed by atoms with van der Waals surface area (Å²) < 4.78 is 5.72. The molecule has 1 aliphatic heterocycles.